The van der Waals surface area contributed by atoms with Crippen molar-refractivity contribution in [3.05, 3.63) is 29.6 Å². The number of rotatable bonds is 2. The molecule has 1 aliphatic rings. The molecule has 6 heteroatoms. The van der Waals surface area contributed by atoms with Gasteiger partial charge in [0, 0.05) is 24.8 Å². The van der Waals surface area contributed by atoms with Crippen molar-refractivity contribution in [2.45, 2.75) is 25.1 Å². The highest BCUT2D eigenvalue weighted by Crippen LogP contribution is 2.29. The Labute approximate surface area is 96.3 Å². The van der Waals surface area contributed by atoms with Gasteiger partial charge in [-0.1, -0.05) is 0 Å². The van der Waals surface area contributed by atoms with Gasteiger partial charge in [0.25, 0.3) is 5.91 Å². The molecule has 1 aromatic heterocycles. The fourth-order valence-electron chi connectivity index (χ4n) is 1.55. The average Bonchev–Trinajstić information content (AvgIpc) is 3.10. The number of halogens is 3. The maximum absolute atomic E-state index is 12.4. The summed E-state index contributed by atoms with van der Waals surface area (Å²) in [5.74, 6) is -0.389. The lowest BCUT2D eigenvalue weighted by atomic mass is 10.2. The molecular weight excluding hydrogens is 233 g/mol. The highest BCUT2D eigenvalue weighted by atomic mass is 19.4. The summed E-state index contributed by atoms with van der Waals surface area (Å²) in [4.78, 5) is 16.5. The maximum Gasteiger partial charge on any atom is 0.433 e. The van der Waals surface area contributed by atoms with Gasteiger partial charge in [0.05, 0.1) is 0 Å². The fraction of sp³-hybridized carbons (Fsp3) is 0.455. The number of aromatic nitrogens is 1. The number of carbonyl (C=O) groups excluding carboxylic acids is 1. The van der Waals surface area contributed by atoms with E-state index in [9.17, 15) is 18.0 Å². The Morgan fingerprint density at radius 2 is 2.12 bits per heavy atom. The van der Waals surface area contributed by atoms with Gasteiger partial charge in [-0.15, -0.1) is 0 Å². The number of amides is 1. The SMILES string of the molecule is CN(C(=O)c1ccnc(C(F)(F)F)c1)C1CC1. The molecule has 0 unspecified atom stereocenters. The first kappa shape index (κ1) is 11.9. The van der Waals surface area contributed by atoms with E-state index in [0.29, 0.717) is 0 Å². The van der Waals surface area contributed by atoms with Crippen LogP contribution in [0.5, 0.6) is 0 Å². The Hall–Kier alpha value is -1.59. The largest absolute Gasteiger partial charge is 0.433 e. The molecule has 3 nitrogen and oxygen atoms in total. The van der Waals surface area contributed by atoms with Crippen LogP contribution in [0.2, 0.25) is 0 Å². The van der Waals surface area contributed by atoms with Crippen molar-refractivity contribution < 1.29 is 18.0 Å². The Bertz CT molecular complexity index is 441. The van der Waals surface area contributed by atoms with E-state index in [4.69, 9.17) is 0 Å². The number of hydrogen-bond donors (Lipinski definition) is 0. The Kier molecular flexibility index (Phi) is 2.81. The second-order valence-corrected chi connectivity index (χ2v) is 4.07. The minimum absolute atomic E-state index is 0.0294. The second-order valence-electron chi connectivity index (χ2n) is 4.07. The van der Waals surface area contributed by atoms with E-state index < -0.39 is 11.9 Å². The fourth-order valence-corrected chi connectivity index (χ4v) is 1.55. The highest BCUT2D eigenvalue weighted by molar-refractivity contribution is 5.94. The molecule has 0 atom stereocenters. The molecule has 0 aliphatic heterocycles. The number of pyridine rings is 1. The summed E-state index contributed by atoms with van der Waals surface area (Å²) in [6.07, 6.45) is -1.68. The first-order valence-electron chi connectivity index (χ1n) is 5.20. The lowest BCUT2D eigenvalue weighted by Crippen LogP contribution is -2.29. The van der Waals surface area contributed by atoms with E-state index in [1.165, 1.54) is 11.0 Å². The summed E-state index contributed by atoms with van der Waals surface area (Å²) >= 11 is 0. The molecule has 1 fully saturated rings. The third-order valence-electron chi connectivity index (χ3n) is 2.71. The van der Waals surface area contributed by atoms with Gasteiger partial charge in [0.15, 0.2) is 0 Å². The molecule has 17 heavy (non-hydrogen) atoms. The molecular formula is C11H11F3N2O. The lowest BCUT2D eigenvalue weighted by Gasteiger charge is -2.16. The van der Waals surface area contributed by atoms with E-state index in [-0.39, 0.29) is 17.5 Å². The van der Waals surface area contributed by atoms with Crippen molar-refractivity contribution in [3.63, 3.8) is 0 Å². The first-order chi connectivity index (χ1) is 7.89. The van der Waals surface area contributed by atoms with Crippen LogP contribution in [0.15, 0.2) is 18.3 Å². The topological polar surface area (TPSA) is 33.2 Å². The third-order valence-corrected chi connectivity index (χ3v) is 2.71. The lowest BCUT2D eigenvalue weighted by molar-refractivity contribution is -0.141. The molecule has 0 bridgehead atoms. The first-order valence-corrected chi connectivity index (χ1v) is 5.20. The van der Waals surface area contributed by atoms with Crippen LogP contribution in [0, 0.1) is 0 Å². The maximum atomic E-state index is 12.4. The predicted octanol–water partition coefficient (Wildman–Crippen LogP) is 2.33. The monoisotopic (exact) mass is 244 g/mol. The van der Waals surface area contributed by atoms with Gasteiger partial charge in [-0.3, -0.25) is 9.78 Å². The Morgan fingerprint density at radius 1 is 1.47 bits per heavy atom. The predicted molar refractivity (Wildman–Crippen MR) is 54.4 cm³/mol. The molecule has 0 N–H and O–H groups in total. The standard InChI is InChI=1S/C11H11F3N2O/c1-16(8-2-3-8)10(17)7-4-5-15-9(6-7)11(12,13)14/h4-6,8H,2-3H2,1H3. The van der Waals surface area contributed by atoms with E-state index in [1.807, 2.05) is 0 Å². The second kappa shape index (κ2) is 4.01. The number of nitrogens with zero attached hydrogens (tertiary/aromatic N) is 2. The molecule has 0 radical (unpaired) electrons. The summed E-state index contributed by atoms with van der Waals surface area (Å²) in [5.41, 5.74) is -1.01. The molecule has 2 rings (SSSR count). The molecule has 1 aromatic rings. The quantitative estimate of drug-likeness (QED) is 0.800. The van der Waals surface area contributed by atoms with Crippen LogP contribution in [0.1, 0.15) is 28.9 Å². The molecule has 0 spiro atoms. The summed E-state index contributed by atoms with van der Waals surface area (Å²) < 4.78 is 37.2. The van der Waals surface area contributed by atoms with Crippen molar-refractivity contribution >= 4 is 5.91 Å². The van der Waals surface area contributed by atoms with Gasteiger partial charge in [0.1, 0.15) is 5.69 Å². The zero-order valence-electron chi connectivity index (χ0n) is 9.16. The van der Waals surface area contributed by atoms with Crippen LogP contribution in [-0.2, 0) is 6.18 Å². The molecule has 1 amide bonds. The molecule has 0 aromatic carbocycles. The van der Waals surface area contributed by atoms with Crippen molar-refractivity contribution in [1.82, 2.24) is 9.88 Å². The summed E-state index contributed by atoms with van der Waals surface area (Å²) in [6.45, 7) is 0. The summed E-state index contributed by atoms with van der Waals surface area (Å²) in [5, 5.41) is 0. The minimum Gasteiger partial charge on any atom is -0.339 e. The average molecular weight is 244 g/mol. The molecule has 92 valence electrons. The van der Waals surface area contributed by atoms with E-state index in [2.05, 4.69) is 4.98 Å². The van der Waals surface area contributed by atoms with Crippen molar-refractivity contribution in [2.24, 2.45) is 0 Å². The van der Waals surface area contributed by atoms with E-state index in [0.717, 1.165) is 25.1 Å². The molecule has 1 aliphatic carbocycles. The number of alkyl halides is 3. The van der Waals surface area contributed by atoms with Crippen LogP contribution in [0.3, 0.4) is 0 Å². The smallest absolute Gasteiger partial charge is 0.339 e. The van der Waals surface area contributed by atoms with Crippen molar-refractivity contribution in [3.8, 4) is 0 Å². The third kappa shape index (κ3) is 2.57. The summed E-state index contributed by atoms with van der Waals surface area (Å²) in [6, 6.07) is 2.27. The number of carbonyl (C=O) groups is 1. The molecule has 0 saturated heterocycles. The van der Waals surface area contributed by atoms with Gasteiger partial charge in [-0.25, -0.2) is 0 Å². The zero-order chi connectivity index (χ0) is 12.6. The van der Waals surface area contributed by atoms with Crippen LogP contribution < -0.4 is 0 Å². The van der Waals surface area contributed by atoms with Crippen LogP contribution in [0.4, 0.5) is 13.2 Å². The van der Waals surface area contributed by atoms with Gasteiger partial charge < -0.3 is 4.90 Å². The van der Waals surface area contributed by atoms with Crippen molar-refractivity contribution in [2.75, 3.05) is 7.05 Å². The highest BCUT2D eigenvalue weighted by Gasteiger charge is 2.34. The Balaban J connectivity index is 2.23. The normalized spacial score (nSPS) is 15.8. The van der Waals surface area contributed by atoms with E-state index >= 15 is 0 Å². The van der Waals surface area contributed by atoms with Gasteiger partial charge in [0.2, 0.25) is 0 Å². The number of hydrogen-bond acceptors (Lipinski definition) is 2. The van der Waals surface area contributed by atoms with Crippen LogP contribution in [0.25, 0.3) is 0 Å². The van der Waals surface area contributed by atoms with E-state index in [1.54, 1.807) is 7.05 Å². The van der Waals surface area contributed by atoms with Gasteiger partial charge in [-0.05, 0) is 25.0 Å². The van der Waals surface area contributed by atoms with Crippen molar-refractivity contribution in [1.29, 1.82) is 0 Å². The van der Waals surface area contributed by atoms with Gasteiger partial charge in [-0.2, -0.15) is 13.2 Å². The van der Waals surface area contributed by atoms with Crippen LogP contribution in [-0.4, -0.2) is 28.9 Å². The van der Waals surface area contributed by atoms with Crippen LogP contribution >= 0.6 is 0 Å². The molecule has 1 heterocycles. The minimum atomic E-state index is -4.52. The zero-order valence-corrected chi connectivity index (χ0v) is 9.16. The Morgan fingerprint density at radius 3 is 2.65 bits per heavy atom. The molecule has 1 saturated carbocycles. The van der Waals surface area contributed by atoms with Gasteiger partial charge >= 0.3 is 6.18 Å². The summed E-state index contributed by atoms with van der Waals surface area (Å²) in [7, 11) is 1.60.